The highest BCUT2D eigenvalue weighted by atomic mass is 14.0. The predicted molar refractivity (Wildman–Crippen MR) is 61.3 cm³/mol. The zero-order chi connectivity index (χ0) is 9.64. The fraction of sp³-hybridized carbons (Fsp3) is 0. The smallest absolute Gasteiger partial charge is 0.0141 e. The van der Waals surface area contributed by atoms with E-state index in [4.69, 9.17) is 0 Å². The molecule has 0 unspecified atom stereocenters. The summed E-state index contributed by atoms with van der Waals surface area (Å²) in [5.41, 5.74) is 2.47. The van der Waals surface area contributed by atoms with E-state index in [1.54, 1.807) is 0 Å². The Kier molecular flexibility index (Phi) is 2.77. The summed E-state index contributed by atoms with van der Waals surface area (Å²) < 4.78 is 0. The number of hydrogen-bond donors (Lipinski definition) is 0. The van der Waals surface area contributed by atoms with Crippen molar-refractivity contribution < 1.29 is 0 Å². The van der Waals surface area contributed by atoms with Gasteiger partial charge in [0.1, 0.15) is 11.1 Å². The highest BCUT2D eigenvalue weighted by molar-refractivity contribution is 5.45. The van der Waals surface area contributed by atoms with Gasteiger partial charge in [-0.2, -0.15) is 0 Å². The molecule has 0 aromatic heterocycles. The van der Waals surface area contributed by atoms with E-state index in [1.165, 1.54) is 11.1 Å². The molecule has 2 aliphatic carbocycles. The first-order valence-electron chi connectivity index (χ1n) is 4.73. The molecule has 0 atom stereocenters. The van der Waals surface area contributed by atoms with Gasteiger partial charge in [0.2, 0.25) is 0 Å². The summed E-state index contributed by atoms with van der Waals surface area (Å²) in [5, 5.41) is 0. The normalized spacial score (nSPS) is 24.0. The van der Waals surface area contributed by atoms with Gasteiger partial charge in [0.15, 0.2) is 0 Å². The lowest BCUT2D eigenvalue weighted by Gasteiger charge is -1.92. The van der Waals surface area contributed by atoms with Crippen LogP contribution in [0.15, 0.2) is 71.9 Å². The third-order valence-corrected chi connectivity index (χ3v) is 2.07. The van der Waals surface area contributed by atoms with Gasteiger partial charge in [0, 0.05) is 61.4 Å². The number of hydrogen-bond acceptors (Lipinski definition) is 0. The van der Waals surface area contributed by atoms with Crippen molar-refractivity contribution in [3.05, 3.63) is 84.7 Å². The topological polar surface area (TPSA) is 0 Å². The lowest BCUT2D eigenvalue weighted by Crippen LogP contribution is -1.83. The molecule has 0 saturated heterocycles. The van der Waals surface area contributed by atoms with Crippen LogP contribution in [0.1, 0.15) is 0 Å². The molecular weight excluding hydrogens is 168 g/mol. The van der Waals surface area contributed by atoms with Crippen LogP contribution in [0.3, 0.4) is 0 Å². The monoisotopic (exact) mass is 180 g/mol. The lowest BCUT2D eigenvalue weighted by molar-refractivity contribution is 1.48. The Morgan fingerprint density at radius 3 is 1.57 bits per heavy atom. The maximum atomic E-state index is 2.12. The van der Waals surface area contributed by atoms with Crippen molar-refractivity contribution in [2.24, 2.45) is 0 Å². The molecule has 2 rings (SSSR count). The molecule has 0 saturated carbocycles. The van der Waals surface area contributed by atoms with Crippen molar-refractivity contribution in [3.8, 4) is 0 Å². The Morgan fingerprint density at radius 1 is 0.714 bits per heavy atom. The van der Waals surface area contributed by atoms with E-state index in [0.29, 0.717) is 0 Å². The molecule has 0 radical (unpaired) electrons. The van der Waals surface area contributed by atoms with E-state index in [9.17, 15) is 0 Å². The van der Waals surface area contributed by atoms with Gasteiger partial charge in [-0.3, -0.25) is 0 Å². The first kappa shape index (κ1) is 8.76. The van der Waals surface area contributed by atoms with Gasteiger partial charge in [0.25, 0.3) is 0 Å². The standard InChI is InChI=1S/C14H12/c1-3-7-13(8-4-1)11-12-14-9-5-2-6-10-14/h1-12H/q+2. The van der Waals surface area contributed by atoms with E-state index in [-0.39, 0.29) is 0 Å². The fourth-order valence-corrected chi connectivity index (χ4v) is 1.32. The van der Waals surface area contributed by atoms with Crippen molar-refractivity contribution in [2.75, 3.05) is 0 Å². The van der Waals surface area contributed by atoms with Gasteiger partial charge < -0.3 is 0 Å². The summed E-state index contributed by atoms with van der Waals surface area (Å²) >= 11 is 0. The summed E-state index contributed by atoms with van der Waals surface area (Å²) in [6.45, 7) is 0. The van der Waals surface area contributed by atoms with Crippen LogP contribution in [0.25, 0.3) is 0 Å². The second-order valence-electron chi connectivity index (χ2n) is 3.15. The van der Waals surface area contributed by atoms with Crippen molar-refractivity contribution in [2.45, 2.75) is 0 Å². The third kappa shape index (κ3) is 2.33. The quantitative estimate of drug-likeness (QED) is 0.542. The van der Waals surface area contributed by atoms with Crippen LogP contribution in [0.4, 0.5) is 0 Å². The first-order chi connectivity index (χ1) is 6.95. The molecule has 0 heterocycles. The van der Waals surface area contributed by atoms with Crippen LogP contribution in [0.5, 0.6) is 0 Å². The van der Waals surface area contributed by atoms with Crippen LogP contribution < -0.4 is 0 Å². The van der Waals surface area contributed by atoms with E-state index in [2.05, 4.69) is 37.1 Å². The van der Waals surface area contributed by atoms with Crippen LogP contribution in [0.2, 0.25) is 0 Å². The van der Waals surface area contributed by atoms with Crippen molar-refractivity contribution >= 4 is 0 Å². The van der Waals surface area contributed by atoms with Crippen LogP contribution in [-0.2, 0) is 0 Å². The summed E-state index contributed by atoms with van der Waals surface area (Å²) in [5.74, 6) is 0. The van der Waals surface area contributed by atoms with Gasteiger partial charge >= 0.3 is 0 Å². The molecular formula is C14H12+2. The maximum Gasteiger partial charge on any atom is 0.106 e. The molecule has 14 heavy (non-hydrogen) atoms. The van der Waals surface area contributed by atoms with Gasteiger partial charge in [0.05, 0.1) is 12.2 Å². The molecule has 0 aliphatic heterocycles. The predicted octanol–water partition coefficient (Wildman–Crippen LogP) is 3.50. The average Bonchev–Trinajstić information content (AvgIpc) is 2.29. The second-order valence-corrected chi connectivity index (χ2v) is 3.15. The zero-order valence-corrected chi connectivity index (χ0v) is 7.93. The van der Waals surface area contributed by atoms with E-state index in [0.717, 1.165) is 0 Å². The summed E-state index contributed by atoms with van der Waals surface area (Å²) in [4.78, 5) is 0. The Bertz CT molecular complexity index is 333. The maximum absolute atomic E-state index is 2.12. The van der Waals surface area contributed by atoms with Crippen molar-refractivity contribution in [1.29, 1.82) is 0 Å². The highest BCUT2D eigenvalue weighted by Crippen LogP contribution is 2.12. The molecule has 0 nitrogen and oxygen atoms in total. The molecule has 2 aliphatic rings. The minimum atomic E-state index is 1.23. The first-order valence-corrected chi connectivity index (χ1v) is 4.73. The van der Waals surface area contributed by atoms with Gasteiger partial charge in [-0.15, -0.1) is 0 Å². The Morgan fingerprint density at radius 2 is 1.21 bits per heavy atom. The summed E-state index contributed by atoms with van der Waals surface area (Å²) in [6.07, 6.45) is 24.9. The minimum Gasteiger partial charge on any atom is 0.0141 e. The molecule has 0 amide bonds. The molecule has 0 N–H and O–H groups in total. The molecule has 0 spiro atoms. The van der Waals surface area contributed by atoms with Crippen LogP contribution in [0, 0.1) is 12.8 Å². The average molecular weight is 180 g/mol. The third-order valence-electron chi connectivity index (χ3n) is 2.07. The number of allylic oxidation sites excluding steroid dienone is 12. The minimum absolute atomic E-state index is 1.23. The van der Waals surface area contributed by atoms with E-state index in [1.807, 2.05) is 36.5 Å². The SMILES string of the molecule is C1=C[CH+]C(=CC=C2C=CC=C[CH+]2)C=C1. The molecule has 0 bridgehead atoms. The molecule has 66 valence electrons. The zero-order valence-electron chi connectivity index (χ0n) is 7.93. The summed E-state index contributed by atoms with van der Waals surface area (Å²) in [7, 11) is 0. The van der Waals surface area contributed by atoms with Crippen molar-refractivity contribution in [1.82, 2.24) is 0 Å². The van der Waals surface area contributed by atoms with Crippen molar-refractivity contribution in [3.63, 3.8) is 0 Å². The summed E-state index contributed by atoms with van der Waals surface area (Å²) in [6, 6.07) is 0. The van der Waals surface area contributed by atoms with E-state index >= 15 is 0 Å². The Balaban J connectivity index is 2.04. The fourth-order valence-electron chi connectivity index (χ4n) is 1.32. The van der Waals surface area contributed by atoms with Gasteiger partial charge in [-0.1, -0.05) is 0 Å². The Labute approximate surface area is 85.3 Å². The number of rotatable bonds is 1. The van der Waals surface area contributed by atoms with Gasteiger partial charge in [-0.25, -0.2) is 0 Å². The van der Waals surface area contributed by atoms with Gasteiger partial charge in [-0.05, 0) is 0 Å². The molecule has 0 heteroatoms. The lowest BCUT2D eigenvalue weighted by atomic mass is 10.0. The highest BCUT2D eigenvalue weighted by Gasteiger charge is 2.04. The second kappa shape index (κ2) is 4.43. The van der Waals surface area contributed by atoms with Crippen LogP contribution >= 0.6 is 0 Å². The molecule has 0 fully saturated rings. The molecule has 0 aromatic carbocycles. The largest absolute Gasteiger partial charge is 0.106 e. The Hall–Kier alpha value is -1.82. The van der Waals surface area contributed by atoms with E-state index < -0.39 is 0 Å². The molecule has 0 aromatic rings. The van der Waals surface area contributed by atoms with Crippen LogP contribution in [-0.4, -0.2) is 0 Å².